The molecule has 0 aromatic rings. The Bertz CT molecular complexity index is 311. The summed E-state index contributed by atoms with van der Waals surface area (Å²) < 4.78 is 22.2. The van der Waals surface area contributed by atoms with Gasteiger partial charge >= 0.3 is 0 Å². The molecule has 1 heterocycles. The van der Waals surface area contributed by atoms with Gasteiger partial charge in [0.05, 0.1) is 11.7 Å². The third-order valence-electron chi connectivity index (χ3n) is 2.51. The molecule has 1 saturated heterocycles. The maximum Gasteiger partial charge on any atom is 0.156 e. The molecule has 0 radical (unpaired) electrons. The number of carbonyl (C=O) groups is 1. The Balaban J connectivity index is 2.50. The average molecular weight is 221 g/mol. The summed E-state index contributed by atoms with van der Waals surface area (Å²) in [5.74, 6) is -0.842. The monoisotopic (exact) mass is 221 g/mol. The van der Waals surface area contributed by atoms with Gasteiger partial charge in [-0.2, -0.15) is 0 Å². The molecule has 0 unspecified atom stereocenters. The molecule has 2 atom stereocenters. The van der Waals surface area contributed by atoms with Crippen molar-refractivity contribution in [2.45, 2.75) is 31.8 Å². The molecule has 0 aromatic heterocycles. The molecule has 1 aliphatic rings. The van der Waals surface area contributed by atoms with Gasteiger partial charge in [0, 0.05) is 12.8 Å². The minimum Gasteiger partial charge on any atom is -0.544 e. The molecule has 5 nitrogen and oxygen atoms in total. The fourth-order valence-corrected chi connectivity index (χ4v) is 3.44. The van der Waals surface area contributed by atoms with E-state index in [1.807, 2.05) is 0 Å². The maximum absolute atomic E-state index is 11.1. The molecule has 0 amide bonds. The minimum atomic E-state index is -2.92. The summed E-state index contributed by atoms with van der Waals surface area (Å²) in [6.07, 6.45) is 1.00. The average Bonchev–Trinajstić information content (AvgIpc) is 2.41. The van der Waals surface area contributed by atoms with Crippen molar-refractivity contribution in [3.8, 4) is 0 Å². The lowest BCUT2D eigenvalue weighted by Crippen LogP contribution is -2.97. The zero-order chi connectivity index (χ0) is 10.8. The van der Waals surface area contributed by atoms with Gasteiger partial charge in [-0.05, 0) is 0 Å². The van der Waals surface area contributed by atoms with Crippen molar-refractivity contribution in [1.82, 2.24) is 0 Å². The summed E-state index contributed by atoms with van der Waals surface area (Å²) in [5, 5.41) is 12.2. The Morgan fingerprint density at radius 3 is 2.64 bits per heavy atom. The van der Waals surface area contributed by atoms with Gasteiger partial charge < -0.3 is 15.2 Å². The molecule has 1 fully saturated rings. The van der Waals surface area contributed by atoms with Gasteiger partial charge in [-0.25, -0.2) is 8.42 Å². The van der Waals surface area contributed by atoms with E-state index in [-0.39, 0.29) is 17.5 Å². The van der Waals surface area contributed by atoms with Crippen LogP contribution in [-0.2, 0) is 14.6 Å². The summed E-state index contributed by atoms with van der Waals surface area (Å²) in [7, 11) is -2.92. The second kappa shape index (κ2) is 4.27. The lowest BCUT2D eigenvalue weighted by Gasteiger charge is -2.17. The molecule has 2 N–H and O–H groups in total. The van der Waals surface area contributed by atoms with E-state index < -0.39 is 21.8 Å². The van der Waals surface area contributed by atoms with Gasteiger partial charge in [0.25, 0.3) is 0 Å². The maximum atomic E-state index is 11.1. The second-order valence-corrected chi connectivity index (χ2v) is 5.92. The number of quaternary nitrogens is 1. The van der Waals surface area contributed by atoms with Gasteiger partial charge in [-0.1, -0.05) is 6.92 Å². The number of sulfone groups is 1. The number of carboxylic acids is 1. The summed E-state index contributed by atoms with van der Waals surface area (Å²) >= 11 is 0. The normalized spacial score (nSPS) is 27.4. The van der Waals surface area contributed by atoms with E-state index in [2.05, 4.69) is 0 Å². The zero-order valence-electron chi connectivity index (χ0n) is 8.10. The first-order valence-corrected chi connectivity index (χ1v) is 6.53. The Morgan fingerprint density at radius 1 is 1.64 bits per heavy atom. The minimum absolute atomic E-state index is 0.0940. The third-order valence-corrected chi connectivity index (χ3v) is 4.31. The molecule has 0 aromatic carbocycles. The standard InChI is InChI=1S/C8H15NO4S/c1-2-7(8(10)11)9-6-3-4-14(12,13)5-6/h6-7,9H,2-5H2,1H3,(H,10,11)/t6-,7-/m0/s1. The largest absolute Gasteiger partial charge is 0.544 e. The Labute approximate surface area is 83.4 Å². The van der Waals surface area contributed by atoms with Crippen LogP contribution < -0.4 is 10.4 Å². The molecule has 0 bridgehead atoms. The van der Waals surface area contributed by atoms with Crippen LogP contribution in [-0.4, -0.2) is 38.0 Å². The van der Waals surface area contributed by atoms with Gasteiger partial charge in [0.15, 0.2) is 9.84 Å². The molecule has 1 aliphatic heterocycles. The highest BCUT2D eigenvalue weighted by atomic mass is 32.2. The lowest BCUT2D eigenvalue weighted by molar-refractivity contribution is -0.710. The van der Waals surface area contributed by atoms with Crippen LogP contribution in [0.3, 0.4) is 0 Å². The highest BCUT2D eigenvalue weighted by molar-refractivity contribution is 7.91. The summed E-state index contributed by atoms with van der Waals surface area (Å²) in [5.41, 5.74) is 0. The van der Waals surface area contributed by atoms with Crippen molar-refractivity contribution in [3.05, 3.63) is 0 Å². The first-order valence-electron chi connectivity index (χ1n) is 4.71. The topological polar surface area (TPSA) is 90.9 Å². The number of nitrogens with two attached hydrogens (primary N) is 1. The fourth-order valence-electron chi connectivity index (χ4n) is 1.69. The molecule has 82 valence electrons. The van der Waals surface area contributed by atoms with Gasteiger partial charge in [-0.15, -0.1) is 0 Å². The summed E-state index contributed by atoms with van der Waals surface area (Å²) in [6, 6.07) is -0.726. The summed E-state index contributed by atoms with van der Waals surface area (Å²) in [4.78, 5) is 10.6. The third kappa shape index (κ3) is 2.95. The molecule has 0 spiro atoms. The van der Waals surface area contributed by atoms with Crippen molar-refractivity contribution in [2.24, 2.45) is 0 Å². The summed E-state index contributed by atoms with van der Waals surface area (Å²) in [6.45, 7) is 1.75. The van der Waals surface area contributed by atoms with E-state index in [1.165, 1.54) is 0 Å². The first-order chi connectivity index (χ1) is 6.44. The number of carboxylic acid groups (broad SMARTS) is 1. The van der Waals surface area contributed by atoms with Gasteiger partial charge in [0.1, 0.15) is 17.8 Å². The fraction of sp³-hybridized carbons (Fsp3) is 0.875. The van der Waals surface area contributed by atoms with Crippen molar-refractivity contribution in [3.63, 3.8) is 0 Å². The highest BCUT2D eigenvalue weighted by Crippen LogP contribution is 2.08. The number of carbonyl (C=O) groups excluding carboxylic acids is 1. The zero-order valence-corrected chi connectivity index (χ0v) is 8.92. The molecule has 0 saturated carbocycles. The Hall–Kier alpha value is -0.620. The van der Waals surface area contributed by atoms with E-state index in [0.29, 0.717) is 12.8 Å². The van der Waals surface area contributed by atoms with Crippen LogP contribution >= 0.6 is 0 Å². The van der Waals surface area contributed by atoms with E-state index >= 15 is 0 Å². The first kappa shape index (κ1) is 11.5. The van der Waals surface area contributed by atoms with Crippen LogP contribution in [0.1, 0.15) is 19.8 Å². The lowest BCUT2D eigenvalue weighted by atomic mass is 10.2. The SMILES string of the molecule is CC[C@H]([NH2+][C@H]1CCS(=O)(=O)C1)C(=O)[O-]. The number of hydrogen-bond donors (Lipinski definition) is 1. The molecular weight excluding hydrogens is 206 g/mol. The molecule has 0 aliphatic carbocycles. The number of rotatable bonds is 4. The van der Waals surface area contributed by atoms with Gasteiger partial charge in [-0.3, -0.25) is 0 Å². The van der Waals surface area contributed by atoms with Crippen LogP contribution in [0.2, 0.25) is 0 Å². The van der Waals surface area contributed by atoms with E-state index in [4.69, 9.17) is 0 Å². The van der Waals surface area contributed by atoms with Crippen LogP contribution in [0.4, 0.5) is 0 Å². The molecule has 6 heteroatoms. The molecule has 1 rings (SSSR count). The van der Waals surface area contributed by atoms with E-state index in [0.717, 1.165) is 0 Å². The van der Waals surface area contributed by atoms with Crippen molar-refractivity contribution >= 4 is 15.8 Å². The molecule has 14 heavy (non-hydrogen) atoms. The number of aliphatic carboxylic acids is 1. The smallest absolute Gasteiger partial charge is 0.156 e. The second-order valence-electron chi connectivity index (χ2n) is 3.69. The Morgan fingerprint density at radius 2 is 2.29 bits per heavy atom. The Kier molecular flexibility index (Phi) is 3.49. The van der Waals surface area contributed by atoms with Crippen molar-refractivity contribution < 1.29 is 23.6 Å². The predicted octanol–water partition coefficient (Wildman–Crippen LogP) is -2.73. The van der Waals surface area contributed by atoms with E-state index in [1.54, 1.807) is 12.2 Å². The quantitative estimate of drug-likeness (QED) is 0.558. The van der Waals surface area contributed by atoms with Crippen LogP contribution in [0, 0.1) is 0 Å². The predicted molar refractivity (Wildman–Crippen MR) is 48.1 cm³/mol. The van der Waals surface area contributed by atoms with Crippen LogP contribution in [0.5, 0.6) is 0 Å². The highest BCUT2D eigenvalue weighted by Gasteiger charge is 2.32. The molecular formula is C8H15NO4S. The van der Waals surface area contributed by atoms with Crippen molar-refractivity contribution in [2.75, 3.05) is 11.5 Å². The van der Waals surface area contributed by atoms with E-state index in [9.17, 15) is 18.3 Å². The van der Waals surface area contributed by atoms with Crippen molar-refractivity contribution in [1.29, 1.82) is 0 Å². The number of hydrogen-bond acceptors (Lipinski definition) is 4. The van der Waals surface area contributed by atoms with Crippen LogP contribution in [0.25, 0.3) is 0 Å². The van der Waals surface area contributed by atoms with Crippen LogP contribution in [0.15, 0.2) is 0 Å². The van der Waals surface area contributed by atoms with Gasteiger partial charge in [0.2, 0.25) is 0 Å².